The zero-order valence-corrected chi connectivity index (χ0v) is 18.8. The van der Waals surface area contributed by atoms with Gasteiger partial charge in [-0.05, 0) is 76.7 Å². The Labute approximate surface area is 195 Å². The van der Waals surface area contributed by atoms with Crippen LogP contribution in [0.2, 0.25) is 5.02 Å². The van der Waals surface area contributed by atoms with Gasteiger partial charge in [-0.1, -0.05) is 35.9 Å². The minimum Gasteiger partial charge on any atom is -0.434 e. The van der Waals surface area contributed by atoms with E-state index in [-0.39, 0.29) is 5.75 Å². The lowest BCUT2D eigenvalue weighted by atomic mass is 10.00. The van der Waals surface area contributed by atoms with E-state index in [0.29, 0.717) is 16.5 Å². The Morgan fingerprint density at radius 2 is 1.84 bits per heavy atom. The molecule has 4 nitrogen and oxygen atoms in total. The maximum absolute atomic E-state index is 13.1. The third-order valence-corrected chi connectivity index (χ3v) is 6.06. The number of fused-ring (bicyclic) bond motifs is 3. The Morgan fingerprint density at radius 3 is 2.61 bits per heavy atom. The summed E-state index contributed by atoms with van der Waals surface area (Å²) in [6, 6.07) is 19.9. The van der Waals surface area contributed by atoms with Crippen molar-refractivity contribution in [1.82, 2.24) is 9.55 Å². The molecule has 1 atom stereocenters. The number of anilines is 1. The summed E-state index contributed by atoms with van der Waals surface area (Å²) < 4.78 is 34.2. The van der Waals surface area contributed by atoms with Crippen LogP contribution in [0.1, 0.15) is 17.2 Å². The van der Waals surface area contributed by atoms with Crippen molar-refractivity contribution in [3.63, 3.8) is 0 Å². The van der Waals surface area contributed by atoms with E-state index in [1.165, 1.54) is 6.07 Å². The number of allylic oxidation sites excluding steroid dienone is 1. The van der Waals surface area contributed by atoms with Crippen molar-refractivity contribution < 1.29 is 13.5 Å². The second-order valence-corrected chi connectivity index (χ2v) is 8.69. The summed E-state index contributed by atoms with van der Waals surface area (Å²) in [6.45, 7) is -2.94. The largest absolute Gasteiger partial charge is 0.434 e. The molecule has 31 heavy (non-hydrogen) atoms. The highest BCUT2D eigenvalue weighted by Crippen LogP contribution is 2.41. The fourth-order valence-electron chi connectivity index (χ4n) is 3.79. The number of hydrogen-bond acceptors (Lipinski definition) is 3. The number of imidazole rings is 1. The Hall–Kier alpha value is -2.65. The van der Waals surface area contributed by atoms with E-state index in [2.05, 4.69) is 27.9 Å². The molecule has 156 valence electrons. The molecule has 1 N–H and O–H groups in total. The molecule has 8 heteroatoms. The number of nitrogens with zero attached hydrogens (tertiary/aromatic N) is 2. The zero-order valence-electron chi connectivity index (χ0n) is 15.9. The van der Waals surface area contributed by atoms with Crippen molar-refractivity contribution >= 4 is 56.9 Å². The van der Waals surface area contributed by atoms with Gasteiger partial charge in [0.25, 0.3) is 0 Å². The quantitative estimate of drug-likeness (QED) is 0.280. The highest BCUT2D eigenvalue weighted by atomic mass is 127. The van der Waals surface area contributed by atoms with Gasteiger partial charge in [-0.25, -0.2) is 4.98 Å². The van der Waals surface area contributed by atoms with Gasteiger partial charge >= 0.3 is 6.61 Å². The Bertz CT molecular complexity index is 1300. The number of alkyl halides is 2. The maximum Gasteiger partial charge on any atom is 0.387 e. The van der Waals surface area contributed by atoms with Gasteiger partial charge < -0.3 is 10.1 Å². The summed E-state index contributed by atoms with van der Waals surface area (Å²) in [5.74, 6) is 0.693. The number of halogens is 4. The third-order valence-electron chi connectivity index (χ3n) is 5.11. The number of hydrogen-bond donors (Lipinski definition) is 1. The van der Waals surface area contributed by atoms with Gasteiger partial charge in [0.1, 0.15) is 5.75 Å². The van der Waals surface area contributed by atoms with E-state index < -0.39 is 12.7 Å². The number of para-hydroxylation sites is 2. The van der Waals surface area contributed by atoms with E-state index in [0.717, 1.165) is 25.9 Å². The summed E-state index contributed by atoms with van der Waals surface area (Å²) in [7, 11) is 0. The van der Waals surface area contributed by atoms with E-state index in [9.17, 15) is 8.78 Å². The van der Waals surface area contributed by atoms with Gasteiger partial charge in [-0.15, -0.1) is 0 Å². The van der Waals surface area contributed by atoms with E-state index in [4.69, 9.17) is 21.3 Å². The van der Waals surface area contributed by atoms with Crippen molar-refractivity contribution in [2.75, 3.05) is 5.32 Å². The van der Waals surface area contributed by atoms with Crippen LogP contribution < -0.4 is 10.1 Å². The van der Waals surface area contributed by atoms with E-state index in [1.807, 2.05) is 59.2 Å². The van der Waals surface area contributed by atoms with Gasteiger partial charge in [0.15, 0.2) is 0 Å². The molecule has 1 aromatic heterocycles. The molecule has 0 bridgehead atoms. The summed E-state index contributed by atoms with van der Waals surface area (Å²) in [4.78, 5) is 4.72. The molecule has 0 spiro atoms. The number of nitrogens with one attached hydrogen (secondary N) is 1. The molecule has 5 rings (SSSR count). The fraction of sp³-hybridized carbons (Fsp3) is 0.0870. The molecule has 0 radical (unpaired) electrons. The predicted molar refractivity (Wildman–Crippen MR) is 127 cm³/mol. The molecule has 0 amide bonds. The minimum atomic E-state index is -2.94. The van der Waals surface area contributed by atoms with Crippen LogP contribution in [0.25, 0.3) is 16.7 Å². The first-order valence-corrected chi connectivity index (χ1v) is 10.9. The predicted octanol–water partition coefficient (Wildman–Crippen LogP) is 6.95. The molecule has 0 aliphatic carbocycles. The number of ether oxygens (including phenoxy) is 1. The lowest BCUT2D eigenvalue weighted by Gasteiger charge is -2.28. The molecule has 0 saturated heterocycles. The van der Waals surface area contributed by atoms with E-state index >= 15 is 0 Å². The molecular weight excluding hydrogens is 535 g/mol. The maximum atomic E-state index is 13.1. The van der Waals surface area contributed by atoms with Gasteiger partial charge in [-0.2, -0.15) is 8.78 Å². The number of rotatable bonds is 4. The second kappa shape index (κ2) is 8.12. The van der Waals surface area contributed by atoms with Gasteiger partial charge in [0.2, 0.25) is 5.95 Å². The first kappa shape index (κ1) is 20.3. The average molecular weight is 550 g/mol. The normalized spacial score (nSPS) is 15.5. The van der Waals surface area contributed by atoms with Crippen LogP contribution in [-0.2, 0) is 0 Å². The highest BCUT2D eigenvalue weighted by Gasteiger charge is 2.28. The minimum absolute atomic E-state index is 0.0771. The third kappa shape index (κ3) is 3.87. The summed E-state index contributed by atoms with van der Waals surface area (Å²) >= 11 is 8.51. The van der Waals surface area contributed by atoms with Crippen LogP contribution in [0.4, 0.5) is 14.7 Å². The van der Waals surface area contributed by atoms with Gasteiger partial charge in [0, 0.05) is 19.9 Å². The smallest absolute Gasteiger partial charge is 0.387 e. The van der Waals surface area contributed by atoms with Gasteiger partial charge in [0.05, 0.1) is 17.1 Å². The van der Waals surface area contributed by atoms with Crippen molar-refractivity contribution in [2.24, 2.45) is 0 Å². The zero-order chi connectivity index (χ0) is 21.5. The molecule has 0 saturated carbocycles. The summed E-state index contributed by atoms with van der Waals surface area (Å²) in [5.41, 5.74) is 3.98. The molecule has 1 aliphatic rings. The van der Waals surface area contributed by atoms with E-state index in [1.54, 1.807) is 12.1 Å². The van der Waals surface area contributed by atoms with Crippen molar-refractivity contribution in [3.8, 4) is 5.75 Å². The lowest BCUT2D eigenvalue weighted by molar-refractivity contribution is -0.0505. The molecule has 1 aliphatic heterocycles. The van der Waals surface area contributed by atoms with Crippen molar-refractivity contribution in [1.29, 1.82) is 0 Å². The number of benzene rings is 3. The first-order chi connectivity index (χ1) is 15.0. The van der Waals surface area contributed by atoms with Crippen LogP contribution in [0.3, 0.4) is 0 Å². The number of aromatic nitrogens is 2. The molecule has 0 unspecified atom stereocenters. The first-order valence-electron chi connectivity index (χ1n) is 9.45. The Kier molecular flexibility index (Phi) is 5.31. The SMILES string of the molecule is FC(F)Oc1ccc(Cl)cc1[C@H]1C=C(c2ccc(I)cc2)Nc2nc3ccccc3n21. The molecule has 0 fully saturated rings. The molecular formula is C23H15ClF2IN3O. The Balaban J connectivity index is 1.74. The van der Waals surface area contributed by atoms with Crippen LogP contribution in [0, 0.1) is 3.57 Å². The average Bonchev–Trinajstić information content (AvgIpc) is 3.13. The highest BCUT2D eigenvalue weighted by molar-refractivity contribution is 14.1. The van der Waals surface area contributed by atoms with Crippen molar-refractivity contribution in [3.05, 3.63) is 92.5 Å². The van der Waals surface area contributed by atoms with Crippen LogP contribution in [0.15, 0.2) is 72.8 Å². The lowest BCUT2D eigenvalue weighted by Crippen LogP contribution is -2.20. The Morgan fingerprint density at radius 1 is 1.06 bits per heavy atom. The van der Waals surface area contributed by atoms with Crippen LogP contribution >= 0.6 is 34.2 Å². The second-order valence-electron chi connectivity index (χ2n) is 7.01. The van der Waals surface area contributed by atoms with Gasteiger partial charge in [-0.3, -0.25) is 4.57 Å². The summed E-state index contributed by atoms with van der Waals surface area (Å²) in [5, 5.41) is 3.82. The monoisotopic (exact) mass is 549 g/mol. The van der Waals surface area contributed by atoms with Crippen LogP contribution in [0.5, 0.6) is 5.75 Å². The topological polar surface area (TPSA) is 39.1 Å². The molecule has 4 aromatic rings. The molecule has 2 heterocycles. The summed E-state index contributed by atoms with van der Waals surface area (Å²) in [6.07, 6.45) is 1.98. The van der Waals surface area contributed by atoms with Crippen molar-refractivity contribution in [2.45, 2.75) is 12.7 Å². The fourth-order valence-corrected chi connectivity index (χ4v) is 4.33. The standard InChI is InChI=1S/C23H15ClF2IN3O/c24-14-7-10-21(31-22(25)26)16(11-14)20-12-18(13-5-8-15(27)9-6-13)29-23-28-17-3-1-2-4-19(17)30(20)23/h1-12,20,22H,(H,28,29)/t20-/m1/s1. The molecule has 3 aromatic carbocycles. The van der Waals surface area contributed by atoms with Crippen LogP contribution in [-0.4, -0.2) is 16.2 Å².